The largest absolute Gasteiger partial charge is 0.411 e. The first-order valence-corrected chi connectivity index (χ1v) is 12.2. The second-order valence-corrected chi connectivity index (χ2v) is 10.4. The molecule has 0 aliphatic heterocycles. The first-order valence-electron chi connectivity index (χ1n) is 9.43. The van der Waals surface area contributed by atoms with Crippen LogP contribution in [-0.2, 0) is 22.3 Å². The van der Waals surface area contributed by atoms with Crippen LogP contribution in [0.2, 0.25) is 5.02 Å². The average molecular weight is 478 g/mol. The van der Waals surface area contributed by atoms with Gasteiger partial charge >= 0.3 is 0 Å². The molecule has 2 heterocycles. The van der Waals surface area contributed by atoms with Crippen LogP contribution < -0.4 is 0 Å². The molecule has 0 saturated carbocycles. The number of hydrogen-bond acceptors (Lipinski definition) is 7. The summed E-state index contributed by atoms with van der Waals surface area (Å²) in [5.74, 6) is 1.72. The third-order valence-electron chi connectivity index (χ3n) is 4.72. The van der Waals surface area contributed by atoms with E-state index in [0.717, 1.165) is 16.9 Å². The highest BCUT2D eigenvalue weighted by Crippen LogP contribution is 2.28. The van der Waals surface area contributed by atoms with Crippen molar-refractivity contribution < 1.29 is 12.8 Å². The van der Waals surface area contributed by atoms with Crippen molar-refractivity contribution in [2.24, 2.45) is 0 Å². The minimum absolute atomic E-state index is 0.217. The fourth-order valence-corrected chi connectivity index (χ4v) is 4.85. The molecule has 31 heavy (non-hydrogen) atoms. The third-order valence-corrected chi connectivity index (χ3v) is 7.59. The Bertz CT molecular complexity index is 1330. The Morgan fingerprint density at radius 3 is 2.55 bits per heavy atom. The first kappa shape index (κ1) is 21.8. The van der Waals surface area contributed by atoms with Gasteiger partial charge in [-0.2, -0.15) is 0 Å². The standard InChI is InChI=1S/C20H20ClN5O3S2/c1-4-26-17-10-9-15(31(27,28)25(2)3)11-16(17)22-18(26)12-30-20-24-23-19(29-20)13-5-7-14(21)8-6-13/h5-11H,4,12H2,1-3H3. The molecule has 0 spiro atoms. The van der Waals surface area contributed by atoms with Crippen LogP contribution in [0, 0.1) is 0 Å². The predicted molar refractivity (Wildman–Crippen MR) is 121 cm³/mol. The van der Waals surface area contributed by atoms with E-state index in [4.69, 9.17) is 16.0 Å². The molecule has 11 heteroatoms. The van der Waals surface area contributed by atoms with Crippen molar-refractivity contribution in [1.82, 2.24) is 24.1 Å². The molecule has 2 aromatic carbocycles. The second kappa shape index (κ2) is 8.62. The Morgan fingerprint density at radius 2 is 1.87 bits per heavy atom. The fourth-order valence-electron chi connectivity index (χ4n) is 3.10. The summed E-state index contributed by atoms with van der Waals surface area (Å²) in [4.78, 5) is 4.88. The maximum atomic E-state index is 12.4. The maximum Gasteiger partial charge on any atom is 0.277 e. The number of nitrogens with zero attached hydrogens (tertiary/aromatic N) is 5. The maximum absolute atomic E-state index is 12.4. The topological polar surface area (TPSA) is 94.1 Å². The van der Waals surface area contributed by atoms with Gasteiger partial charge in [-0.25, -0.2) is 17.7 Å². The summed E-state index contributed by atoms with van der Waals surface area (Å²) in [5, 5.41) is 9.25. The summed E-state index contributed by atoms with van der Waals surface area (Å²) in [5.41, 5.74) is 2.30. The van der Waals surface area contributed by atoms with Crippen molar-refractivity contribution in [3.8, 4) is 11.5 Å². The molecular weight excluding hydrogens is 458 g/mol. The molecule has 0 aliphatic rings. The molecule has 0 N–H and O–H groups in total. The molecule has 162 valence electrons. The van der Waals surface area contributed by atoms with Gasteiger partial charge in [0.2, 0.25) is 15.9 Å². The normalized spacial score (nSPS) is 12.2. The summed E-state index contributed by atoms with van der Waals surface area (Å²) in [6.45, 7) is 2.72. The molecule has 2 aromatic heterocycles. The molecule has 4 aromatic rings. The van der Waals surface area contributed by atoms with Gasteiger partial charge < -0.3 is 8.98 Å². The molecule has 0 amide bonds. The zero-order chi connectivity index (χ0) is 22.2. The lowest BCUT2D eigenvalue weighted by molar-refractivity contribution is 0.465. The lowest BCUT2D eigenvalue weighted by Crippen LogP contribution is -2.22. The molecule has 0 radical (unpaired) electrons. The van der Waals surface area contributed by atoms with Gasteiger partial charge in [0.1, 0.15) is 5.82 Å². The predicted octanol–water partition coefficient (Wildman–Crippen LogP) is 4.30. The van der Waals surface area contributed by atoms with E-state index in [9.17, 15) is 8.42 Å². The van der Waals surface area contributed by atoms with Gasteiger partial charge in [-0.15, -0.1) is 10.2 Å². The van der Waals surface area contributed by atoms with Crippen LogP contribution >= 0.6 is 23.4 Å². The second-order valence-electron chi connectivity index (χ2n) is 6.88. The van der Waals surface area contributed by atoms with Gasteiger partial charge in [-0.1, -0.05) is 23.4 Å². The molecule has 0 bridgehead atoms. The number of rotatable bonds is 7. The summed E-state index contributed by atoms with van der Waals surface area (Å²) in [7, 11) is -0.505. The SMILES string of the molecule is CCn1c(CSc2nnc(-c3ccc(Cl)cc3)o2)nc2cc(S(=O)(=O)N(C)C)ccc21. The smallest absolute Gasteiger partial charge is 0.277 e. The van der Waals surface area contributed by atoms with E-state index >= 15 is 0 Å². The van der Waals surface area contributed by atoms with Gasteiger partial charge in [0.05, 0.1) is 21.7 Å². The van der Waals surface area contributed by atoms with E-state index in [1.807, 2.05) is 23.6 Å². The van der Waals surface area contributed by atoms with Crippen LogP contribution in [0.25, 0.3) is 22.5 Å². The van der Waals surface area contributed by atoms with Crippen molar-refractivity contribution in [3.63, 3.8) is 0 Å². The minimum Gasteiger partial charge on any atom is -0.411 e. The average Bonchev–Trinajstić information content (AvgIpc) is 3.36. The molecular formula is C20H20ClN5O3S2. The minimum atomic E-state index is -3.52. The van der Waals surface area contributed by atoms with Crippen molar-refractivity contribution >= 4 is 44.4 Å². The van der Waals surface area contributed by atoms with Crippen molar-refractivity contribution in [3.05, 3.63) is 53.3 Å². The van der Waals surface area contributed by atoms with E-state index < -0.39 is 10.0 Å². The zero-order valence-electron chi connectivity index (χ0n) is 17.1. The number of aromatic nitrogens is 4. The Labute approximate surface area is 189 Å². The van der Waals surface area contributed by atoms with Crippen LogP contribution in [-0.4, -0.2) is 46.6 Å². The quantitative estimate of drug-likeness (QED) is 0.366. The van der Waals surface area contributed by atoms with Crippen molar-refractivity contribution in [2.45, 2.75) is 29.3 Å². The number of fused-ring (bicyclic) bond motifs is 1. The molecule has 0 atom stereocenters. The lowest BCUT2D eigenvalue weighted by Gasteiger charge is -2.11. The lowest BCUT2D eigenvalue weighted by atomic mass is 10.2. The Balaban J connectivity index is 1.58. The molecule has 0 saturated heterocycles. The van der Waals surface area contributed by atoms with Crippen LogP contribution in [0.5, 0.6) is 0 Å². The van der Waals surface area contributed by atoms with Crippen LogP contribution in [0.15, 0.2) is 57.0 Å². The molecule has 4 rings (SSSR count). The van der Waals surface area contributed by atoms with Crippen LogP contribution in [0.3, 0.4) is 0 Å². The van der Waals surface area contributed by atoms with Gasteiger partial charge in [-0.3, -0.25) is 0 Å². The third kappa shape index (κ3) is 4.33. The molecule has 8 nitrogen and oxygen atoms in total. The molecule has 0 aliphatic carbocycles. The van der Waals surface area contributed by atoms with Gasteiger partial charge in [0, 0.05) is 31.2 Å². The van der Waals surface area contributed by atoms with Crippen molar-refractivity contribution in [1.29, 1.82) is 0 Å². The van der Waals surface area contributed by atoms with E-state index in [0.29, 0.717) is 34.0 Å². The van der Waals surface area contributed by atoms with Gasteiger partial charge in [-0.05, 0) is 49.4 Å². The Morgan fingerprint density at radius 1 is 1.13 bits per heavy atom. The monoisotopic (exact) mass is 477 g/mol. The highest BCUT2D eigenvalue weighted by atomic mass is 35.5. The first-order chi connectivity index (χ1) is 14.8. The van der Waals surface area contributed by atoms with Gasteiger partial charge in [0.25, 0.3) is 5.22 Å². The van der Waals surface area contributed by atoms with Gasteiger partial charge in [0.15, 0.2) is 0 Å². The summed E-state index contributed by atoms with van der Waals surface area (Å²) in [6, 6.07) is 12.2. The van der Waals surface area contributed by atoms with E-state index in [1.165, 1.54) is 30.2 Å². The number of thioether (sulfide) groups is 1. The summed E-state index contributed by atoms with van der Waals surface area (Å²) in [6.07, 6.45) is 0. The zero-order valence-corrected chi connectivity index (χ0v) is 19.5. The number of imidazole rings is 1. The Hall–Kier alpha value is -2.40. The van der Waals surface area contributed by atoms with E-state index in [1.54, 1.807) is 30.3 Å². The number of benzene rings is 2. The fraction of sp³-hybridized carbons (Fsp3) is 0.250. The molecule has 0 fully saturated rings. The number of hydrogen-bond donors (Lipinski definition) is 0. The van der Waals surface area contributed by atoms with E-state index in [2.05, 4.69) is 15.2 Å². The van der Waals surface area contributed by atoms with Crippen LogP contribution in [0.4, 0.5) is 0 Å². The Kier molecular flexibility index (Phi) is 6.07. The summed E-state index contributed by atoms with van der Waals surface area (Å²) >= 11 is 7.29. The van der Waals surface area contributed by atoms with E-state index in [-0.39, 0.29) is 4.90 Å². The highest BCUT2D eigenvalue weighted by molar-refractivity contribution is 7.98. The highest BCUT2D eigenvalue weighted by Gasteiger charge is 2.20. The van der Waals surface area contributed by atoms with Crippen LogP contribution in [0.1, 0.15) is 12.7 Å². The summed E-state index contributed by atoms with van der Waals surface area (Å²) < 4.78 is 33.9. The number of sulfonamides is 1. The molecule has 0 unspecified atom stereocenters. The number of aryl methyl sites for hydroxylation is 1. The number of halogens is 1. The van der Waals surface area contributed by atoms with Crippen molar-refractivity contribution in [2.75, 3.05) is 14.1 Å².